The van der Waals surface area contributed by atoms with Crippen molar-refractivity contribution in [3.05, 3.63) is 70.3 Å². The molecule has 0 radical (unpaired) electrons. The molecule has 4 nitrogen and oxygen atoms in total. The van der Waals surface area contributed by atoms with Crippen LogP contribution in [0.15, 0.2) is 41.5 Å². The smallest absolute Gasteiger partial charge is 0.244 e. The minimum absolute atomic E-state index is 0.0533. The summed E-state index contributed by atoms with van der Waals surface area (Å²) in [5.41, 5.74) is -3.08. The van der Waals surface area contributed by atoms with E-state index in [9.17, 15) is 26.3 Å². The molecule has 0 aliphatic heterocycles. The molecule has 0 amide bonds. The van der Waals surface area contributed by atoms with Crippen molar-refractivity contribution < 1.29 is 26.3 Å². The maximum atomic E-state index is 13.2. The summed E-state index contributed by atoms with van der Waals surface area (Å²) in [4.78, 5) is 11.1. The molecule has 3 aromatic rings. The van der Waals surface area contributed by atoms with E-state index in [1.165, 1.54) is 0 Å². The van der Waals surface area contributed by atoms with Crippen molar-refractivity contribution in [2.75, 3.05) is 0 Å². The van der Waals surface area contributed by atoms with E-state index in [1.807, 2.05) is 0 Å². The maximum Gasteiger partial charge on any atom is 0.417 e. The van der Waals surface area contributed by atoms with Gasteiger partial charge in [0, 0.05) is 11.1 Å². The Bertz CT molecular complexity index is 1200. The van der Waals surface area contributed by atoms with Crippen LogP contribution in [0.25, 0.3) is 27.2 Å². The summed E-state index contributed by atoms with van der Waals surface area (Å²) in [7, 11) is 0. The number of rotatable bonds is 0. The lowest BCUT2D eigenvalue weighted by Gasteiger charge is -2.16. The predicted octanol–water partition coefficient (Wildman–Crippen LogP) is 5.32. The summed E-state index contributed by atoms with van der Waals surface area (Å²) in [5, 5.41) is 3.64. The van der Waals surface area contributed by atoms with Gasteiger partial charge in [-0.05, 0) is 12.1 Å². The second-order valence-electron chi connectivity index (χ2n) is 5.90. The second kappa shape index (κ2) is 5.76. The first-order valence-electron chi connectivity index (χ1n) is 7.66. The molecule has 1 heterocycles. The van der Waals surface area contributed by atoms with Crippen LogP contribution in [0.4, 0.5) is 26.3 Å². The number of alkyl halides is 6. The lowest BCUT2D eigenvalue weighted by molar-refractivity contribution is -0.161. The van der Waals surface area contributed by atoms with Crippen molar-refractivity contribution in [3.63, 3.8) is 0 Å². The molecule has 0 bridgehead atoms. The predicted molar refractivity (Wildman–Crippen MR) is 87.2 cm³/mol. The fraction of sp³-hybridized carbons (Fsp3) is 0.111. The molecule has 0 saturated heterocycles. The number of nitrogens with zero attached hydrogens (tertiary/aromatic N) is 4. The Labute approximate surface area is 153 Å². The SMILES string of the molecule is [C-]#[N+]/N=C1/c2ccccc2-c2nc3cc(C(F)(F)F)c(C(F)(F)F)cc3nc21. The molecular formula is C18H6F6N4. The fourth-order valence-electron chi connectivity index (χ4n) is 3.10. The standard InChI is InChI=1S/C18H6F6N4/c1-25-28-15-9-5-3-2-4-8(9)14-16(15)27-13-7-11(18(22,23)24)10(17(19,20)21)6-12(13)26-14/h2-7H/b28-15-. The molecule has 140 valence electrons. The summed E-state index contributed by atoms with van der Waals surface area (Å²) < 4.78 is 79.1. The molecule has 0 spiro atoms. The number of hydrogen-bond acceptors (Lipinski definition) is 3. The quantitative estimate of drug-likeness (QED) is 0.231. The molecule has 10 heteroatoms. The van der Waals surface area contributed by atoms with Crippen LogP contribution in [0.2, 0.25) is 0 Å². The Balaban J connectivity index is 2.08. The molecule has 0 fully saturated rings. The van der Waals surface area contributed by atoms with Gasteiger partial charge in [0.15, 0.2) is 5.71 Å². The first-order valence-corrected chi connectivity index (χ1v) is 7.66. The highest BCUT2D eigenvalue weighted by Gasteiger charge is 2.44. The summed E-state index contributed by atoms with van der Waals surface area (Å²) in [6.07, 6.45) is -10.4. The minimum atomic E-state index is -5.23. The zero-order valence-electron chi connectivity index (χ0n) is 13.5. The minimum Gasteiger partial charge on any atom is -0.244 e. The van der Waals surface area contributed by atoms with Gasteiger partial charge in [0.05, 0.1) is 33.0 Å². The molecule has 4 rings (SSSR count). The third kappa shape index (κ3) is 2.67. The lowest BCUT2D eigenvalue weighted by Crippen LogP contribution is -2.17. The molecule has 28 heavy (non-hydrogen) atoms. The van der Waals surface area contributed by atoms with E-state index in [0.29, 0.717) is 23.3 Å². The molecule has 1 aromatic heterocycles. The number of benzene rings is 2. The van der Waals surface area contributed by atoms with E-state index < -0.39 is 23.5 Å². The highest BCUT2D eigenvalue weighted by molar-refractivity contribution is 6.23. The number of hydrogen-bond donors (Lipinski definition) is 0. The summed E-state index contributed by atoms with van der Waals surface area (Å²) >= 11 is 0. The van der Waals surface area contributed by atoms with Crippen molar-refractivity contribution in [1.29, 1.82) is 0 Å². The van der Waals surface area contributed by atoms with Crippen molar-refractivity contribution in [2.24, 2.45) is 5.10 Å². The Morgan fingerprint density at radius 3 is 1.79 bits per heavy atom. The van der Waals surface area contributed by atoms with Crippen molar-refractivity contribution in [3.8, 4) is 11.3 Å². The van der Waals surface area contributed by atoms with E-state index in [4.69, 9.17) is 6.57 Å². The van der Waals surface area contributed by atoms with Gasteiger partial charge in [-0.3, -0.25) is 0 Å². The van der Waals surface area contributed by atoms with Crippen molar-refractivity contribution >= 4 is 16.7 Å². The van der Waals surface area contributed by atoms with Crippen molar-refractivity contribution in [1.82, 2.24) is 9.97 Å². The molecule has 0 saturated carbocycles. The zero-order chi connectivity index (χ0) is 20.3. The maximum absolute atomic E-state index is 13.2. The molecule has 1 aliphatic carbocycles. The van der Waals surface area contributed by atoms with Gasteiger partial charge < -0.3 is 0 Å². The van der Waals surface area contributed by atoms with Crippen LogP contribution >= 0.6 is 0 Å². The second-order valence-corrected chi connectivity index (χ2v) is 5.90. The molecule has 0 N–H and O–H groups in total. The number of halogens is 6. The first kappa shape index (κ1) is 17.9. The van der Waals surface area contributed by atoms with Crippen LogP contribution in [0.3, 0.4) is 0 Å². The summed E-state index contributed by atoms with van der Waals surface area (Å²) in [6, 6.07) is 7.23. The van der Waals surface area contributed by atoms with E-state index in [2.05, 4.69) is 20.0 Å². The zero-order valence-corrected chi connectivity index (χ0v) is 13.5. The fourth-order valence-corrected chi connectivity index (χ4v) is 3.10. The third-order valence-corrected chi connectivity index (χ3v) is 4.23. The number of fused-ring (bicyclic) bond motifs is 4. The Kier molecular flexibility index (Phi) is 3.68. The van der Waals surface area contributed by atoms with Gasteiger partial charge in [-0.15, -0.1) is 4.95 Å². The lowest BCUT2D eigenvalue weighted by atomic mass is 10.0. The average molecular weight is 392 g/mol. The van der Waals surface area contributed by atoms with Gasteiger partial charge in [0.2, 0.25) is 0 Å². The van der Waals surface area contributed by atoms with Gasteiger partial charge in [-0.25, -0.2) is 9.97 Å². The Morgan fingerprint density at radius 1 is 0.786 bits per heavy atom. The van der Waals surface area contributed by atoms with Gasteiger partial charge in [0.25, 0.3) is 0 Å². The number of aromatic nitrogens is 2. The van der Waals surface area contributed by atoms with Crippen LogP contribution in [0.5, 0.6) is 0 Å². The Hall–Kier alpha value is -3.48. The highest BCUT2D eigenvalue weighted by atomic mass is 19.4. The van der Waals surface area contributed by atoms with Crippen LogP contribution in [0, 0.1) is 6.57 Å². The molecule has 0 atom stereocenters. The van der Waals surface area contributed by atoms with E-state index >= 15 is 0 Å². The van der Waals surface area contributed by atoms with Crippen molar-refractivity contribution in [2.45, 2.75) is 12.4 Å². The molecule has 1 aliphatic rings. The third-order valence-electron chi connectivity index (χ3n) is 4.23. The highest BCUT2D eigenvalue weighted by Crippen LogP contribution is 2.43. The largest absolute Gasteiger partial charge is 0.417 e. The topological polar surface area (TPSA) is 42.5 Å². The Morgan fingerprint density at radius 2 is 1.29 bits per heavy atom. The molecule has 2 aromatic carbocycles. The summed E-state index contributed by atoms with van der Waals surface area (Å²) in [5.74, 6) is 0. The van der Waals surface area contributed by atoms with Crippen LogP contribution in [0.1, 0.15) is 22.4 Å². The van der Waals surface area contributed by atoms with Gasteiger partial charge in [0.1, 0.15) is 5.69 Å². The normalized spacial score (nSPS) is 14.8. The molecule has 0 unspecified atom stereocenters. The first-order chi connectivity index (χ1) is 13.1. The van der Waals surface area contributed by atoms with Gasteiger partial charge in [-0.2, -0.15) is 32.9 Å². The van der Waals surface area contributed by atoms with E-state index in [0.717, 1.165) is 0 Å². The van der Waals surface area contributed by atoms with E-state index in [-0.39, 0.29) is 28.1 Å². The van der Waals surface area contributed by atoms with Gasteiger partial charge >= 0.3 is 12.4 Å². The van der Waals surface area contributed by atoms with Gasteiger partial charge in [-0.1, -0.05) is 24.3 Å². The summed E-state index contributed by atoms with van der Waals surface area (Å²) in [6.45, 7) is 6.94. The average Bonchev–Trinajstić information content (AvgIpc) is 2.91. The monoisotopic (exact) mass is 392 g/mol. The van der Waals surface area contributed by atoms with Crippen LogP contribution < -0.4 is 0 Å². The molecular weight excluding hydrogens is 386 g/mol. The van der Waals surface area contributed by atoms with Crippen LogP contribution in [-0.2, 0) is 12.4 Å². The van der Waals surface area contributed by atoms with Crippen LogP contribution in [-0.4, -0.2) is 15.7 Å². The van der Waals surface area contributed by atoms with E-state index in [1.54, 1.807) is 24.3 Å².